The fraction of sp³-hybridized carbons (Fsp3) is 0.100. The van der Waals surface area contributed by atoms with Crippen LogP contribution >= 0.6 is 0 Å². The molecule has 0 aromatic carbocycles. The first kappa shape index (κ1) is 11.3. The summed E-state index contributed by atoms with van der Waals surface area (Å²) in [7, 11) is 0. The van der Waals surface area contributed by atoms with Crippen LogP contribution in [0.1, 0.15) is 16.2 Å². The van der Waals surface area contributed by atoms with Gasteiger partial charge in [0.1, 0.15) is 11.4 Å². The van der Waals surface area contributed by atoms with Crippen molar-refractivity contribution in [3.05, 3.63) is 42.0 Å². The summed E-state index contributed by atoms with van der Waals surface area (Å²) in [6.45, 7) is 0. The predicted octanol–water partition coefficient (Wildman–Crippen LogP) is 2.10. The van der Waals surface area contributed by atoms with E-state index in [1.807, 2.05) is 0 Å². The molecule has 0 N–H and O–H groups in total. The molecule has 0 fully saturated rings. The third-order valence-corrected chi connectivity index (χ3v) is 2.05. The summed E-state index contributed by atoms with van der Waals surface area (Å²) in [5.74, 6) is 0. The third-order valence-electron chi connectivity index (χ3n) is 2.05. The number of nitrogens with zero attached hydrogens (tertiary/aromatic N) is 3. The van der Waals surface area contributed by atoms with Gasteiger partial charge in [-0.15, -0.1) is 0 Å². The molecule has 7 heteroatoms. The van der Waals surface area contributed by atoms with Crippen LogP contribution in [0.4, 0.5) is 13.2 Å². The maximum atomic E-state index is 12.7. The number of alkyl halides is 3. The van der Waals surface area contributed by atoms with Crippen molar-refractivity contribution in [1.82, 2.24) is 14.8 Å². The summed E-state index contributed by atoms with van der Waals surface area (Å²) in [6.07, 6.45) is -1.61. The number of hydrogen-bond donors (Lipinski definition) is 0. The highest BCUT2D eigenvalue weighted by Gasteiger charge is 2.36. The number of hydrogen-bond acceptors (Lipinski definition) is 3. The van der Waals surface area contributed by atoms with Crippen molar-refractivity contribution in [2.45, 2.75) is 6.18 Å². The summed E-state index contributed by atoms with van der Waals surface area (Å²) >= 11 is 0. The molecule has 2 heterocycles. The van der Waals surface area contributed by atoms with Crippen LogP contribution in [-0.2, 0) is 6.18 Å². The zero-order chi connectivity index (χ0) is 12.5. The monoisotopic (exact) mass is 241 g/mol. The number of aldehydes is 1. The smallest absolute Gasteiger partial charge is 0.296 e. The molecule has 0 saturated carbocycles. The second kappa shape index (κ2) is 4.00. The van der Waals surface area contributed by atoms with Crippen LogP contribution in [0, 0.1) is 0 Å². The standard InChI is InChI=1S/C10H6F3N3O/c11-10(12,13)9-5-7(6-17)15-16(9)8-1-3-14-4-2-8/h1-6H. The van der Waals surface area contributed by atoms with E-state index < -0.39 is 11.9 Å². The Morgan fingerprint density at radius 3 is 2.41 bits per heavy atom. The third kappa shape index (κ3) is 2.17. The van der Waals surface area contributed by atoms with Crippen LogP contribution in [-0.4, -0.2) is 21.1 Å². The van der Waals surface area contributed by atoms with Gasteiger partial charge in [0.2, 0.25) is 0 Å². The lowest BCUT2D eigenvalue weighted by atomic mass is 10.3. The second-order valence-electron chi connectivity index (χ2n) is 3.19. The number of halogens is 3. The molecule has 0 unspecified atom stereocenters. The molecule has 0 atom stereocenters. The molecule has 88 valence electrons. The zero-order valence-corrected chi connectivity index (χ0v) is 8.35. The number of pyridine rings is 1. The lowest BCUT2D eigenvalue weighted by Gasteiger charge is -2.09. The van der Waals surface area contributed by atoms with E-state index in [1.165, 1.54) is 24.5 Å². The first-order valence-corrected chi connectivity index (χ1v) is 4.55. The largest absolute Gasteiger partial charge is 0.433 e. The van der Waals surface area contributed by atoms with Crippen LogP contribution < -0.4 is 0 Å². The van der Waals surface area contributed by atoms with E-state index in [-0.39, 0.29) is 17.7 Å². The summed E-state index contributed by atoms with van der Waals surface area (Å²) < 4.78 is 38.7. The zero-order valence-electron chi connectivity index (χ0n) is 8.35. The van der Waals surface area contributed by atoms with Crippen LogP contribution in [0.2, 0.25) is 0 Å². The van der Waals surface area contributed by atoms with Crippen LogP contribution in [0.3, 0.4) is 0 Å². The fourth-order valence-corrected chi connectivity index (χ4v) is 1.34. The molecule has 0 amide bonds. The molecule has 0 bridgehead atoms. The van der Waals surface area contributed by atoms with Crippen molar-refractivity contribution in [3.8, 4) is 5.69 Å². The summed E-state index contributed by atoms with van der Waals surface area (Å²) in [4.78, 5) is 14.2. The topological polar surface area (TPSA) is 47.8 Å². The molecular formula is C10H6F3N3O. The van der Waals surface area contributed by atoms with Crippen molar-refractivity contribution in [3.63, 3.8) is 0 Å². The van der Waals surface area contributed by atoms with Gasteiger partial charge in [-0.25, -0.2) is 4.68 Å². The van der Waals surface area contributed by atoms with Crippen molar-refractivity contribution < 1.29 is 18.0 Å². The minimum atomic E-state index is -4.57. The number of carbonyl (C=O) groups is 1. The molecule has 0 saturated heterocycles. The highest BCUT2D eigenvalue weighted by atomic mass is 19.4. The van der Waals surface area contributed by atoms with Crippen LogP contribution in [0.15, 0.2) is 30.6 Å². The van der Waals surface area contributed by atoms with Crippen molar-refractivity contribution in [1.29, 1.82) is 0 Å². The average Bonchev–Trinajstić information content (AvgIpc) is 2.74. The second-order valence-corrected chi connectivity index (χ2v) is 3.19. The molecular weight excluding hydrogens is 235 g/mol. The van der Waals surface area contributed by atoms with Gasteiger partial charge in [-0.2, -0.15) is 18.3 Å². The molecule has 0 aliphatic rings. The average molecular weight is 241 g/mol. The van der Waals surface area contributed by atoms with Gasteiger partial charge in [0, 0.05) is 12.4 Å². The highest BCUT2D eigenvalue weighted by molar-refractivity contribution is 5.72. The van der Waals surface area contributed by atoms with Gasteiger partial charge in [0.15, 0.2) is 6.29 Å². The van der Waals surface area contributed by atoms with E-state index >= 15 is 0 Å². The van der Waals surface area contributed by atoms with E-state index in [4.69, 9.17) is 0 Å². The Kier molecular flexibility index (Phi) is 2.66. The quantitative estimate of drug-likeness (QED) is 0.756. The first-order valence-electron chi connectivity index (χ1n) is 4.55. The lowest BCUT2D eigenvalue weighted by Crippen LogP contribution is -2.13. The van der Waals surface area contributed by atoms with Crippen LogP contribution in [0.25, 0.3) is 5.69 Å². The molecule has 4 nitrogen and oxygen atoms in total. The Balaban J connectivity index is 2.61. The summed E-state index contributed by atoms with van der Waals surface area (Å²) in [6, 6.07) is 3.45. The number of rotatable bonds is 2. The maximum Gasteiger partial charge on any atom is 0.433 e. The number of carbonyl (C=O) groups excluding carboxylic acids is 1. The Labute approximate surface area is 93.7 Å². The van der Waals surface area contributed by atoms with Crippen molar-refractivity contribution in [2.75, 3.05) is 0 Å². The normalized spacial score (nSPS) is 11.5. The Hall–Kier alpha value is -2.18. The molecule has 0 aliphatic carbocycles. The summed E-state index contributed by atoms with van der Waals surface area (Å²) in [5.41, 5.74) is -1.07. The van der Waals surface area contributed by atoms with E-state index in [0.29, 0.717) is 10.7 Å². The highest BCUT2D eigenvalue weighted by Crippen LogP contribution is 2.31. The summed E-state index contributed by atoms with van der Waals surface area (Å²) in [5, 5.41) is 3.57. The molecule has 2 rings (SSSR count). The molecule has 0 aliphatic heterocycles. The SMILES string of the molecule is O=Cc1cc(C(F)(F)F)n(-c2ccncc2)n1. The van der Waals surface area contributed by atoms with E-state index in [9.17, 15) is 18.0 Å². The number of aromatic nitrogens is 3. The molecule has 0 radical (unpaired) electrons. The van der Waals surface area contributed by atoms with Gasteiger partial charge in [0.05, 0.1) is 5.69 Å². The predicted molar refractivity (Wildman–Crippen MR) is 51.7 cm³/mol. The lowest BCUT2D eigenvalue weighted by molar-refractivity contribution is -0.142. The molecule has 2 aromatic rings. The van der Waals surface area contributed by atoms with E-state index in [2.05, 4.69) is 10.1 Å². The van der Waals surface area contributed by atoms with Gasteiger partial charge in [-0.3, -0.25) is 9.78 Å². The van der Waals surface area contributed by atoms with Gasteiger partial charge < -0.3 is 0 Å². The van der Waals surface area contributed by atoms with Crippen LogP contribution in [0.5, 0.6) is 0 Å². The van der Waals surface area contributed by atoms with Crippen molar-refractivity contribution >= 4 is 6.29 Å². The molecule has 17 heavy (non-hydrogen) atoms. The Bertz CT molecular complexity index is 533. The minimum absolute atomic E-state index is 0.195. The van der Waals surface area contributed by atoms with Gasteiger partial charge in [-0.05, 0) is 18.2 Å². The van der Waals surface area contributed by atoms with Crippen molar-refractivity contribution in [2.24, 2.45) is 0 Å². The van der Waals surface area contributed by atoms with Gasteiger partial charge in [0.25, 0.3) is 0 Å². The molecule has 0 spiro atoms. The fourth-order valence-electron chi connectivity index (χ4n) is 1.34. The Morgan fingerprint density at radius 1 is 1.24 bits per heavy atom. The Morgan fingerprint density at radius 2 is 1.88 bits per heavy atom. The van der Waals surface area contributed by atoms with Gasteiger partial charge >= 0.3 is 6.18 Å². The van der Waals surface area contributed by atoms with E-state index in [0.717, 1.165) is 0 Å². The maximum absolute atomic E-state index is 12.7. The van der Waals surface area contributed by atoms with Gasteiger partial charge in [-0.1, -0.05) is 0 Å². The molecule has 2 aromatic heterocycles. The van der Waals surface area contributed by atoms with E-state index in [1.54, 1.807) is 0 Å². The first-order chi connectivity index (χ1) is 8.02. The minimum Gasteiger partial charge on any atom is -0.296 e.